The van der Waals surface area contributed by atoms with E-state index in [-0.39, 0.29) is 12.5 Å². The van der Waals surface area contributed by atoms with Crippen molar-refractivity contribution >= 4 is 5.91 Å². The highest BCUT2D eigenvalue weighted by atomic mass is 19.1. The van der Waals surface area contributed by atoms with Crippen LogP contribution in [0.1, 0.15) is 12.8 Å². The SMILES string of the molecule is C=CC(=O)N1CCC[C@@H](F)C1. The van der Waals surface area contributed by atoms with Crippen LogP contribution in [0.15, 0.2) is 12.7 Å². The average molecular weight is 157 g/mol. The van der Waals surface area contributed by atoms with E-state index in [0.717, 1.165) is 6.42 Å². The van der Waals surface area contributed by atoms with Crippen molar-refractivity contribution in [1.29, 1.82) is 0 Å². The lowest BCUT2D eigenvalue weighted by molar-refractivity contribution is -0.128. The van der Waals surface area contributed by atoms with E-state index >= 15 is 0 Å². The lowest BCUT2D eigenvalue weighted by Gasteiger charge is -2.27. The first-order chi connectivity index (χ1) is 5.24. The predicted octanol–water partition coefficient (Wildman–Crippen LogP) is 1.13. The molecule has 1 rings (SSSR count). The van der Waals surface area contributed by atoms with Crippen molar-refractivity contribution in [3.05, 3.63) is 12.7 Å². The average Bonchev–Trinajstić information content (AvgIpc) is 2.03. The molecule has 0 radical (unpaired) electrons. The fourth-order valence-electron chi connectivity index (χ4n) is 1.25. The molecular formula is C8H12FNO. The third kappa shape index (κ3) is 2.03. The summed E-state index contributed by atoms with van der Waals surface area (Å²) in [6, 6.07) is 0. The lowest BCUT2D eigenvalue weighted by atomic mass is 10.1. The minimum Gasteiger partial charge on any atom is -0.336 e. The van der Waals surface area contributed by atoms with Crippen LogP contribution in [-0.4, -0.2) is 30.1 Å². The number of piperidine rings is 1. The standard InChI is InChI=1S/C8H12FNO/c1-2-8(11)10-5-3-4-7(9)6-10/h2,7H,1,3-6H2/t7-/m1/s1. The highest BCUT2D eigenvalue weighted by Crippen LogP contribution is 2.12. The molecule has 0 aromatic carbocycles. The number of hydrogen-bond donors (Lipinski definition) is 0. The first-order valence-corrected chi connectivity index (χ1v) is 3.79. The summed E-state index contributed by atoms with van der Waals surface area (Å²) in [5.41, 5.74) is 0. The lowest BCUT2D eigenvalue weighted by Crippen LogP contribution is -2.39. The third-order valence-electron chi connectivity index (χ3n) is 1.85. The summed E-state index contributed by atoms with van der Waals surface area (Å²) < 4.78 is 12.7. The van der Waals surface area contributed by atoms with Crippen molar-refractivity contribution in [2.45, 2.75) is 19.0 Å². The Kier molecular flexibility index (Phi) is 2.63. The van der Waals surface area contributed by atoms with Gasteiger partial charge in [0, 0.05) is 6.54 Å². The van der Waals surface area contributed by atoms with E-state index in [0.29, 0.717) is 13.0 Å². The number of hydrogen-bond acceptors (Lipinski definition) is 1. The van der Waals surface area contributed by atoms with Crippen LogP contribution in [0, 0.1) is 0 Å². The molecule has 0 saturated carbocycles. The van der Waals surface area contributed by atoms with Gasteiger partial charge in [-0.15, -0.1) is 0 Å². The number of halogens is 1. The number of carbonyl (C=O) groups excluding carboxylic acids is 1. The molecule has 1 aliphatic rings. The van der Waals surface area contributed by atoms with Gasteiger partial charge >= 0.3 is 0 Å². The smallest absolute Gasteiger partial charge is 0.246 e. The molecule has 2 nitrogen and oxygen atoms in total. The Labute approximate surface area is 65.7 Å². The summed E-state index contributed by atoms with van der Waals surface area (Å²) in [6.45, 7) is 4.26. The number of amides is 1. The van der Waals surface area contributed by atoms with Crippen LogP contribution >= 0.6 is 0 Å². The minimum atomic E-state index is -0.840. The largest absolute Gasteiger partial charge is 0.336 e. The van der Waals surface area contributed by atoms with Gasteiger partial charge in [-0.3, -0.25) is 4.79 Å². The van der Waals surface area contributed by atoms with Gasteiger partial charge in [0.2, 0.25) is 5.91 Å². The number of carbonyl (C=O) groups is 1. The molecule has 62 valence electrons. The van der Waals surface area contributed by atoms with Gasteiger partial charge in [0.25, 0.3) is 0 Å². The van der Waals surface area contributed by atoms with Crippen molar-refractivity contribution in [2.75, 3.05) is 13.1 Å². The molecule has 1 heterocycles. The van der Waals surface area contributed by atoms with Crippen molar-refractivity contribution in [2.24, 2.45) is 0 Å². The molecule has 3 heteroatoms. The molecule has 1 amide bonds. The first kappa shape index (κ1) is 8.24. The van der Waals surface area contributed by atoms with Crippen LogP contribution < -0.4 is 0 Å². The Morgan fingerprint density at radius 1 is 1.73 bits per heavy atom. The van der Waals surface area contributed by atoms with Crippen LogP contribution in [0.4, 0.5) is 4.39 Å². The van der Waals surface area contributed by atoms with E-state index in [4.69, 9.17) is 0 Å². The molecule has 1 aliphatic heterocycles. The molecule has 11 heavy (non-hydrogen) atoms. The van der Waals surface area contributed by atoms with Crippen LogP contribution in [0.25, 0.3) is 0 Å². The second-order valence-electron chi connectivity index (χ2n) is 2.73. The van der Waals surface area contributed by atoms with Gasteiger partial charge in [0.15, 0.2) is 0 Å². The van der Waals surface area contributed by atoms with Gasteiger partial charge in [0.05, 0.1) is 6.54 Å². The van der Waals surface area contributed by atoms with Crippen LogP contribution in [0.3, 0.4) is 0 Å². The first-order valence-electron chi connectivity index (χ1n) is 3.79. The molecule has 0 N–H and O–H groups in total. The summed E-state index contributed by atoms with van der Waals surface area (Å²) in [6.07, 6.45) is 1.74. The van der Waals surface area contributed by atoms with E-state index in [1.54, 1.807) is 0 Å². The van der Waals surface area contributed by atoms with Gasteiger partial charge < -0.3 is 4.90 Å². The van der Waals surface area contributed by atoms with Gasteiger partial charge in [0.1, 0.15) is 6.17 Å². The second kappa shape index (κ2) is 3.51. The molecule has 0 aliphatic carbocycles. The maximum absolute atomic E-state index is 12.7. The quantitative estimate of drug-likeness (QED) is 0.522. The van der Waals surface area contributed by atoms with E-state index in [2.05, 4.69) is 6.58 Å². The topological polar surface area (TPSA) is 20.3 Å². The fourth-order valence-corrected chi connectivity index (χ4v) is 1.25. The Morgan fingerprint density at radius 2 is 2.45 bits per heavy atom. The second-order valence-corrected chi connectivity index (χ2v) is 2.73. The van der Waals surface area contributed by atoms with E-state index in [9.17, 15) is 9.18 Å². The maximum atomic E-state index is 12.7. The van der Waals surface area contributed by atoms with Crippen LogP contribution in [0.5, 0.6) is 0 Å². The number of likely N-dealkylation sites (tertiary alicyclic amines) is 1. The Morgan fingerprint density at radius 3 is 3.00 bits per heavy atom. The molecule has 0 unspecified atom stereocenters. The van der Waals surface area contributed by atoms with Crippen LogP contribution in [-0.2, 0) is 4.79 Å². The van der Waals surface area contributed by atoms with Crippen molar-refractivity contribution in [3.8, 4) is 0 Å². The number of nitrogens with zero attached hydrogens (tertiary/aromatic N) is 1. The van der Waals surface area contributed by atoms with E-state index < -0.39 is 6.17 Å². The highest BCUT2D eigenvalue weighted by molar-refractivity contribution is 5.87. The van der Waals surface area contributed by atoms with Crippen molar-refractivity contribution in [1.82, 2.24) is 4.90 Å². The Bertz CT molecular complexity index is 169. The minimum absolute atomic E-state index is 0.160. The zero-order chi connectivity index (χ0) is 8.27. The van der Waals surface area contributed by atoms with Gasteiger partial charge in [-0.2, -0.15) is 0 Å². The zero-order valence-corrected chi connectivity index (χ0v) is 6.42. The summed E-state index contributed by atoms with van der Waals surface area (Å²) in [5.74, 6) is -0.160. The molecule has 1 atom stereocenters. The Hall–Kier alpha value is -0.860. The van der Waals surface area contributed by atoms with E-state index in [1.807, 2.05) is 0 Å². The van der Waals surface area contributed by atoms with Crippen molar-refractivity contribution < 1.29 is 9.18 Å². The zero-order valence-electron chi connectivity index (χ0n) is 6.42. The van der Waals surface area contributed by atoms with Gasteiger partial charge in [-0.1, -0.05) is 6.58 Å². The molecule has 0 aromatic rings. The molecule has 0 spiro atoms. The van der Waals surface area contributed by atoms with Gasteiger partial charge in [-0.25, -0.2) is 4.39 Å². The third-order valence-corrected chi connectivity index (χ3v) is 1.85. The molecule has 0 aromatic heterocycles. The van der Waals surface area contributed by atoms with Gasteiger partial charge in [-0.05, 0) is 18.9 Å². The van der Waals surface area contributed by atoms with Crippen molar-refractivity contribution in [3.63, 3.8) is 0 Å². The normalized spacial score (nSPS) is 24.8. The number of alkyl halides is 1. The predicted molar refractivity (Wildman–Crippen MR) is 40.9 cm³/mol. The molecule has 1 saturated heterocycles. The summed E-state index contributed by atoms with van der Waals surface area (Å²) in [7, 11) is 0. The van der Waals surface area contributed by atoms with E-state index in [1.165, 1.54) is 11.0 Å². The summed E-state index contributed by atoms with van der Waals surface area (Å²) in [5, 5.41) is 0. The molecule has 1 fully saturated rings. The maximum Gasteiger partial charge on any atom is 0.246 e. The Balaban J connectivity index is 2.45. The van der Waals surface area contributed by atoms with Crippen LogP contribution in [0.2, 0.25) is 0 Å². The molecule has 0 bridgehead atoms. The molecular weight excluding hydrogens is 145 g/mol. The highest BCUT2D eigenvalue weighted by Gasteiger charge is 2.20. The fraction of sp³-hybridized carbons (Fsp3) is 0.625. The summed E-state index contributed by atoms with van der Waals surface area (Å²) >= 11 is 0. The monoisotopic (exact) mass is 157 g/mol. The number of rotatable bonds is 1. The summed E-state index contributed by atoms with van der Waals surface area (Å²) in [4.78, 5) is 12.5.